The maximum atomic E-state index is 12.0. The number of halogens is 1. The number of anilines is 1. The summed E-state index contributed by atoms with van der Waals surface area (Å²) in [6.45, 7) is 0. The zero-order valence-corrected chi connectivity index (χ0v) is 15.7. The highest BCUT2D eigenvalue weighted by molar-refractivity contribution is 7.85. The topological polar surface area (TPSA) is 141 Å². The van der Waals surface area contributed by atoms with Gasteiger partial charge >= 0.3 is 0 Å². The lowest BCUT2D eigenvalue weighted by Crippen LogP contribution is -2.36. The minimum Gasteiger partial charge on any atom is -0.376 e. The van der Waals surface area contributed by atoms with Gasteiger partial charge in [0.05, 0.1) is 22.5 Å². The zero-order valence-electron chi connectivity index (χ0n) is 14.2. The van der Waals surface area contributed by atoms with Gasteiger partial charge in [0, 0.05) is 26.5 Å². The molecule has 9 nitrogen and oxygen atoms in total. The average Bonchev–Trinajstić information content (AvgIpc) is 2.91. The molecule has 138 valence electrons. The molecule has 1 aromatic carbocycles. The first kappa shape index (κ1) is 20.7. The Bertz CT molecular complexity index is 897. The van der Waals surface area contributed by atoms with E-state index in [2.05, 4.69) is 15.3 Å². The molecule has 0 unspecified atom stereocenters. The molecule has 0 fully saturated rings. The van der Waals surface area contributed by atoms with Crippen LogP contribution in [0.3, 0.4) is 0 Å². The first-order valence-corrected chi connectivity index (χ1v) is 9.11. The average molecular weight is 390 g/mol. The molecule has 2 rings (SSSR count). The van der Waals surface area contributed by atoms with Gasteiger partial charge in [-0.3, -0.25) is 19.7 Å². The molecule has 2 aromatic rings. The van der Waals surface area contributed by atoms with Gasteiger partial charge in [-0.15, -0.1) is 0 Å². The fourth-order valence-corrected chi connectivity index (χ4v) is 2.12. The molecule has 0 spiro atoms. The number of hydrogen-bond donors (Lipinski definition) is 4. The second-order valence-electron chi connectivity index (χ2n) is 5.23. The molecular weight excluding hydrogens is 370 g/mol. The van der Waals surface area contributed by atoms with Crippen LogP contribution in [0.1, 0.15) is 10.5 Å². The van der Waals surface area contributed by atoms with Gasteiger partial charge in [-0.25, -0.2) is 0 Å². The molecule has 11 heteroatoms. The minimum atomic E-state index is -3.67. The maximum Gasteiger partial charge on any atom is 0.274 e. The van der Waals surface area contributed by atoms with Crippen LogP contribution in [0, 0.1) is 0 Å². The summed E-state index contributed by atoms with van der Waals surface area (Å²) in [6.07, 6.45) is 0.715. The first-order valence-electron chi connectivity index (χ1n) is 6.88. The number of benzene rings is 1. The first-order chi connectivity index (χ1) is 11.4. The number of nitrogens with zero attached hydrogens (tertiary/aromatic N) is 2. The van der Waals surface area contributed by atoms with Crippen LogP contribution in [0.15, 0.2) is 23.2 Å². The Hall–Kier alpha value is -2.30. The molecule has 25 heavy (non-hydrogen) atoms. The van der Waals surface area contributed by atoms with Crippen molar-refractivity contribution < 1.29 is 17.8 Å². The van der Waals surface area contributed by atoms with Gasteiger partial charge in [-0.05, 0) is 18.2 Å². The number of aromatic nitrogens is 1. The third-order valence-corrected chi connectivity index (χ3v) is 3.26. The zero-order chi connectivity index (χ0) is 19.4. The van der Waals surface area contributed by atoms with E-state index in [0.717, 1.165) is 16.6 Å². The molecule has 1 aromatic heterocycles. The van der Waals surface area contributed by atoms with E-state index < -0.39 is 10.1 Å². The van der Waals surface area contributed by atoms with Crippen molar-refractivity contribution in [2.45, 2.75) is 0 Å². The molecule has 0 aliphatic heterocycles. The second kappa shape index (κ2) is 8.19. The van der Waals surface area contributed by atoms with Crippen LogP contribution in [0.2, 0.25) is 5.02 Å². The molecule has 0 radical (unpaired) electrons. The van der Waals surface area contributed by atoms with E-state index in [4.69, 9.17) is 21.9 Å². The van der Waals surface area contributed by atoms with Crippen molar-refractivity contribution in [2.75, 3.05) is 32.3 Å². The Morgan fingerprint density at radius 3 is 2.44 bits per heavy atom. The van der Waals surface area contributed by atoms with Crippen LogP contribution in [0.4, 0.5) is 5.69 Å². The summed E-state index contributed by atoms with van der Waals surface area (Å²) in [5, 5.41) is 3.84. The van der Waals surface area contributed by atoms with E-state index >= 15 is 0 Å². The van der Waals surface area contributed by atoms with Crippen molar-refractivity contribution in [2.24, 2.45) is 10.7 Å². The van der Waals surface area contributed by atoms with Crippen LogP contribution in [0.25, 0.3) is 10.9 Å². The van der Waals surface area contributed by atoms with Gasteiger partial charge in [0.1, 0.15) is 5.69 Å². The summed E-state index contributed by atoms with van der Waals surface area (Å²) in [4.78, 5) is 20.7. The van der Waals surface area contributed by atoms with E-state index in [1.54, 1.807) is 12.1 Å². The van der Waals surface area contributed by atoms with Crippen LogP contribution in [-0.2, 0) is 10.1 Å². The van der Waals surface area contributed by atoms with Gasteiger partial charge in [0.15, 0.2) is 5.96 Å². The Labute approximate surface area is 150 Å². The minimum absolute atomic E-state index is 0.0626. The third-order valence-electron chi connectivity index (χ3n) is 2.93. The summed E-state index contributed by atoms with van der Waals surface area (Å²) in [5.41, 5.74) is 7.61. The van der Waals surface area contributed by atoms with Crippen molar-refractivity contribution in [3.05, 3.63) is 28.9 Å². The van der Waals surface area contributed by atoms with Crippen molar-refractivity contribution in [1.29, 1.82) is 0 Å². The summed E-state index contributed by atoms with van der Waals surface area (Å²) in [6, 6.07) is 5.39. The number of carbonyl (C=O) groups is 1. The predicted octanol–water partition coefficient (Wildman–Crippen LogP) is 1.07. The quantitative estimate of drug-likeness (QED) is 0.344. The molecule has 1 amide bonds. The van der Waals surface area contributed by atoms with Crippen LogP contribution < -0.4 is 16.0 Å². The number of nitrogens with two attached hydrogens (primary N) is 1. The van der Waals surface area contributed by atoms with Gasteiger partial charge < -0.3 is 15.6 Å². The summed E-state index contributed by atoms with van der Waals surface area (Å²) in [5.74, 6) is -0.294. The number of rotatable bonds is 2. The van der Waals surface area contributed by atoms with E-state index in [9.17, 15) is 13.2 Å². The number of aliphatic imine (C=N–C) groups is 1. The fraction of sp³-hybridized carbons (Fsp3) is 0.286. The van der Waals surface area contributed by atoms with E-state index in [1.807, 2.05) is 25.1 Å². The molecule has 0 saturated carbocycles. The summed E-state index contributed by atoms with van der Waals surface area (Å²) >= 11 is 6.17. The highest BCUT2D eigenvalue weighted by atomic mass is 35.5. The number of fused-ring (bicyclic) bond motifs is 1. The van der Waals surface area contributed by atoms with Crippen LogP contribution >= 0.6 is 11.6 Å². The number of aromatic amines is 1. The Kier molecular flexibility index (Phi) is 6.79. The van der Waals surface area contributed by atoms with Crippen molar-refractivity contribution in [1.82, 2.24) is 10.3 Å². The lowest BCUT2D eigenvalue weighted by molar-refractivity contribution is 0.0972. The molecule has 0 bridgehead atoms. The lowest BCUT2D eigenvalue weighted by atomic mass is 10.2. The van der Waals surface area contributed by atoms with Crippen LogP contribution in [0.5, 0.6) is 0 Å². The van der Waals surface area contributed by atoms with E-state index in [0.29, 0.717) is 17.0 Å². The highest BCUT2D eigenvalue weighted by Gasteiger charge is 2.15. The normalized spacial score (nSPS) is 11.7. The van der Waals surface area contributed by atoms with Gasteiger partial charge in [0.2, 0.25) is 0 Å². The Balaban J connectivity index is 0.000000550. The monoisotopic (exact) mass is 389 g/mol. The number of H-pyrrole nitrogens is 1. The Morgan fingerprint density at radius 2 is 1.96 bits per heavy atom. The second-order valence-corrected chi connectivity index (χ2v) is 7.10. The summed E-state index contributed by atoms with van der Waals surface area (Å²) in [7, 11) is 1.68. The largest absolute Gasteiger partial charge is 0.376 e. The van der Waals surface area contributed by atoms with Crippen molar-refractivity contribution in [3.8, 4) is 0 Å². The standard InChI is InChI=1S/C13H16ClN5O.CH4O3S/c1-16-13(15)18-12(20)9-6-7-8(14)4-5-10(19(2)3)11(7)17-9;1-5(2,3)4/h4-6,17H,1-3H3,(H3,15,16,18,20);1H3,(H,2,3,4). The highest BCUT2D eigenvalue weighted by Crippen LogP contribution is 2.31. The molecule has 0 aliphatic rings. The van der Waals surface area contributed by atoms with Gasteiger partial charge in [-0.1, -0.05) is 11.6 Å². The number of nitrogens with one attached hydrogen (secondary N) is 2. The number of carbonyl (C=O) groups excluding carboxylic acids is 1. The third kappa shape index (κ3) is 6.25. The van der Waals surface area contributed by atoms with E-state index in [-0.39, 0.29) is 11.9 Å². The molecule has 0 saturated heterocycles. The summed E-state index contributed by atoms with van der Waals surface area (Å²) < 4.78 is 25.9. The van der Waals surface area contributed by atoms with Crippen molar-refractivity contribution >= 4 is 50.2 Å². The molecule has 5 N–H and O–H groups in total. The Morgan fingerprint density at radius 1 is 1.40 bits per heavy atom. The number of hydrogen-bond acceptors (Lipinski definition) is 5. The van der Waals surface area contributed by atoms with Crippen molar-refractivity contribution in [3.63, 3.8) is 0 Å². The van der Waals surface area contributed by atoms with E-state index in [1.165, 1.54) is 7.05 Å². The molecule has 0 aliphatic carbocycles. The molecular formula is C14H20ClN5O4S. The SMILES string of the molecule is CN=C(N)NC(=O)c1cc2c(Cl)ccc(N(C)C)c2[nH]1.CS(=O)(=O)O. The van der Waals surface area contributed by atoms with Gasteiger partial charge in [-0.2, -0.15) is 8.42 Å². The number of guanidine groups is 1. The van der Waals surface area contributed by atoms with Crippen LogP contribution in [-0.4, -0.2) is 57.2 Å². The molecule has 0 atom stereocenters. The number of amides is 1. The van der Waals surface area contributed by atoms with Gasteiger partial charge in [0.25, 0.3) is 16.0 Å². The fourth-order valence-electron chi connectivity index (χ4n) is 1.90. The lowest BCUT2D eigenvalue weighted by Gasteiger charge is -2.13. The smallest absolute Gasteiger partial charge is 0.274 e. The predicted molar refractivity (Wildman–Crippen MR) is 100 cm³/mol. The molecule has 1 heterocycles. The maximum absolute atomic E-state index is 12.0.